The summed E-state index contributed by atoms with van der Waals surface area (Å²) < 4.78 is 12.0. The van der Waals surface area contributed by atoms with Gasteiger partial charge in [-0.2, -0.15) is 0 Å². The van der Waals surface area contributed by atoms with Gasteiger partial charge >= 0.3 is 5.97 Å². The van der Waals surface area contributed by atoms with Crippen molar-refractivity contribution in [2.24, 2.45) is 5.73 Å². The minimum atomic E-state index is -0.490. The zero-order valence-corrected chi connectivity index (χ0v) is 19.6. The molecule has 0 fully saturated rings. The van der Waals surface area contributed by atoms with Gasteiger partial charge in [-0.3, -0.25) is 14.4 Å². The third-order valence-electron chi connectivity index (χ3n) is 5.31. The Hall–Kier alpha value is -3.91. The highest BCUT2D eigenvalue weighted by Crippen LogP contribution is 2.30. The van der Waals surface area contributed by atoms with Crippen molar-refractivity contribution in [1.82, 2.24) is 4.57 Å². The lowest BCUT2D eigenvalue weighted by molar-refractivity contribution is -0.143. The third-order valence-corrected chi connectivity index (χ3v) is 5.31. The van der Waals surface area contributed by atoms with Crippen LogP contribution in [0.2, 0.25) is 0 Å². The van der Waals surface area contributed by atoms with Crippen LogP contribution >= 0.6 is 0 Å². The summed E-state index contributed by atoms with van der Waals surface area (Å²) in [6, 6.07) is 16.7. The van der Waals surface area contributed by atoms with Crippen LogP contribution in [0.5, 0.6) is 0 Å². The number of carbonyl (C=O) groups excluding carboxylic acids is 3. The van der Waals surface area contributed by atoms with Crippen LogP contribution in [0.4, 0.5) is 5.69 Å². The van der Waals surface area contributed by atoms with Gasteiger partial charge in [-0.05, 0) is 73.9 Å². The maximum atomic E-state index is 12.0. The molecule has 8 nitrogen and oxygen atoms in total. The maximum Gasteiger partial charge on any atom is 0.306 e. The number of hydrogen-bond donors (Lipinski definition) is 2. The molecule has 1 heterocycles. The van der Waals surface area contributed by atoms with Crippen LogP contribution in [0, 0.1) is 6.92 Å². The van der Waals surface area contributed by atoms with Crippen molar-refractivity contribution in [1.29, 1.82) is 0 Å². The van der Waals surface area contributed by atoms with Gasteiger partial charge in [-0.1, -0.05) is 12.1 Å². The van der Waals surface area contributed by atoms with Crippen LogP contribution < -0.4 is 11.1 Å². The maximum absolute atomic E-state index is 12.0. The first kappa shape index (κ1) is 24.7. The Kier molecular flexibility index (Phi) is 8.21. The van der Waals surface area contributed by atoms with Crippen LogP contribution in [0.1, 0.15) is 35.0 Å². The number of primary amides is 1. The van der Waals surface area contributed by atoms with Crippen molar-refractivity contribution >= 4 is 23.5 Å². The number of hydrogen-bond acceptors (Lipinski definition) is 5. The van der Waals surface area contributed by atoms with Gasteiger partial charge in [0.15, 0.2) is 0 Å². The van der Waals surface area contributed by atoms with E-state index < -0.39 is 5.91 Å². The minimum absolute atomic E-state index is 0.0188. The molecule has 0 aliphatic rings. The number of rotatable bonds is 10. The topological polar surface area (TPSA) is 113 Å². The highest BCUT2D eigenvalue weighted by atomic mass is 16.5. The van der Waals surface area contributed by atoms with Gasteiger partial charge in [0, 0.05) is 29.7 Å². The molecule has 0 aliphatic heterocycles. The molecule has 0 saturated heterocycles. The zero-order chi connectivity index (χ0) is 24.7. The Bertz CT molecular complexity index is 1180. The fourth-order valence-electron chi connectivity index (χ4n) is 3.76. The molecule has 8 heteroatoms. The van der Waals surface area contributed by atoms with Crippen LogP contribution in [0.3, 0.4) is 0 Å². The number of amides is 2. The number of methoxy groups -OCH3 is 1. The molecule has 0 atom stereocenters. The van der Waals surface area contributed by atoms with E-state index in [9.17, 15) is 14.4 Å². The van der Waals surface area contributed by atoms with Crippen LogP contribution in [-0.2, 0) is 25.5 Å². The molecule has 0 bridgehead atoms. The average molecular weight is 464 g/mol. The smallest absolute Gasteiger partial charge is 0.306 e. The number of esters is 1. The molecule has 2 aromatic carbocycles. The fraction of sp³-hybridized carbons (Fsp3) is 0.269. The number of nitrogens with two attached hydrogens (primary N) is 1. The number of benzene rings is 2. The molecule has 0 saturated carbocycles. The summed E-state index contributed by atoms with van der Waals surface area (Å²) in [4.78, 5) is 35.4. The van der Waals surface area contributed by atoms with E-state index >= 15 is 0 Å². The lowest BCUT2D eigenvalue weighted by Gasteiger charge is -2.17. The quantitative estimate of drug-likeness (QED) is 0.446. The number of nitrogens with zero attached hydrogens (tertiary/aromatic N) is 1. The summed E-state index contributed by atoms with van der Waals surface area (Å²) in [6.07, 6.45) is 0.737. The molecular weight excluding hydrogens is 434 g/mol. The number of ether oxygens (including phenoxy) is 2. The predicted molar refractivity (Wildman–Crippen MR) is 130 cm³/mol. The van der Waals surface area contributed by atoms with Gasteiger partial charge in [0.2, 0.25) is 11.8 Å². The summed E-state index contributed by atoms with van der Waals surface area (Å²) >= 11 is 0. The van der Waals surface area contributed by atoms with Crippen molar-refractivity contribution in [2.75, 3.05) is 25.6 Å². The molecule has 0 unspecified atom stereocenters. The highest BCUT2D eigenvalue weighted by Gasteiger charge is 2.16. The van der Waals surface area contributed by atoms with E-state index in [2.05, 4.69) is 9.88 Å². The molecule has 0 aliphatic carbocycles. The van der Waals surface area contributed by atoms with E-state index in [1.54, 1.807) is 19.1 Å². The predicted octanol–water partition coefficient (Wildman–Crippen LogP) is 3.63. The van der Waals surface area contributed by atoms with Crippen LogP contribution in [-0.4, -0.2) is 42.7 Å². The lowest BCUT2D eigenvalue weighted by atomic mass is 10.1. The van der Waals surface area contributed by atoms with E-state index in [1.807, 2.05) is 49.4 Å². The Balaban J connectivity index is 2.00. The molecule has 0 radical (unpaired) electrons. The lowest BCUT2D eigenvalue weighted by Crippen LogP contribution is -2.16. The summed E-state index contributed by atoms with van der Waals surface area (Å²) in [6.45, 7) is 4.01. The second-order valence-corrected chi connectivity index (χ2v) is 7.77. The average Bonchev–Trinajstić information content (AvgIpc) is 3.22. The number of anilines is 1. The Morgan fingerprint density at radius 2 is 1.76 bits per heavy atom. The number of aryl methyl sites for hydroxylation is 2. The monoisotopic (exact) mass is 463 g/mol. The SMILES string of the molecule is CCOC(=O)CCc1ccc(-c2ccc(NC(=O)COC)cc2)n1-c1ccc(C(N)=O)cc1C. The van der Waals surface area contributed by atoms with E-state index in [1.165, 1.54) is 7.11 Å². The second-order valence-electron chi connectivity index (χ2n) is 7.77. The molecule has 34 heavy (non-hydrogen) atoms. The molecule has 0 spiro atoms. The fourth-order valence-corrected chi connectivity index (χ4v) is 3.76. The minimum Gasteiger partial charge on any atom is -0.466 e. The Morgan fingerprint density at radius 3 is 2.38 bits per heavy atom. The first-order chi connectivity index (χ1) is 16.3. The van der Waals surface area contributed by atoms with Crippen molar-refractivity contribution in [3.8, 4) is 16.9 Å². The number of nitrogens with one attached hydrogen (secondary N) is 1. The van der Waals surface area contributed by atoms with Gasteiger partial charge in [-0.15, -0.1) is 0 Å². The van der Waals surface area contributed by atoms with E-state index in [4.69, 9.17) is 15.2 Å². The summed E-state index contributed by atoms with van der Waals surface area (Å²) in [5.41, 5.74) is 11.0. The molecule has 1 aromatic heterocycles. The van der Waals surface area contributed by atoms with Gasteiger partial charge < -0.3 is 25.1 Å². The van der Waals surface area contributed by atoms with Crippen molar-refractivity contribution < 1.29 is 23.9 Å². The van der Waals surface area contributed by atoms with E-state index in [0.717, 1.165) is 28.2 Å². The summed E-state index contributed by atoms with van der Waals surface area (Å²) in [7, 11) is 1.47. The normalized spacial score (nSPS) is 10.7. The summed E-state index contributed by atoms with van der Waals surface area (Å²) in [5, 5.41) is 2.78. The van der Waals surface area contributed by atoms with Gasteiger partial charge in [0.25, 0.3) is 0 Å². The van der Waals surface area contributed by atoms with Gasteiger partial charge in [0.1, 0.15) is 6.61 Å². The molecule has 178 valence electrons. The van der Waals surface area contributed by atoms with Crippen LogP contribution in [0.25, 0.3) is 16.9 Å². The van der Waals surface area contributed by atoms with E-state index in [0.29, 0.717) is 24.3 Å². The molecule has 3 N–H and O–H groups in total. The van der Waals surface area contributed by atoms with E-state index in [-0.39, 0.29) is 24.9 Å². The van der Waals surface area contributed by atoms with Gasteiger partial charge in [0.05, 0.1) is 18.7 Å². The zero-order valence-electron chi connectivity index (χ0n) is 19.6. The van der Waals surface area contributed by atoms with Crippen molar-refractivity contribution in [2.45, 2.75) is 26.7 Å². The third kappa shape index (κ3) is 5.90. The molecule has 2 amide bonds. The van der Waals surface area contributed by atoms with Crippen molar-refractivity contribution in [3.63, 3.8) is 0 Å². The Labute approximate surface area is 198 Å². The summed E-state index contributed by atoms with van der Waals surface area (Å²) in [5.74, 6) is -0.977. The number of carbonyl (C=O) groups is 3. The highest BCUT2D eigenvalue weighted by molar-refractivity contribution is 5.93. The Morgan fingerprint density at radius 1 is 1.03 bits per heavy atom. The van der Waals surface area contributed by atoms with Gasteiger partial charge in [-0.25, -0.2) is 0 Å². The molecular formula is C26H29N3O5. The largest absolute Gasteiger partial charge is 0.466 e. The molecule has 3 rings (SSSR count). The number of aromatic nitrogens is 1. The second kappa shape index (κ2) is 11.3. The molecule has 3 aromatic rings. The first-order valence-electron chi connectivity index (χ1n) is 11.0. The first-order valence-corrected chi connectivity index (χ1v) is 11.0. The van der Waals surface area contributed by atoms with Crippen LogP contribution in [0.15, 0.2) is 54.6 Å². The standard InChI is InChI=1S/C26H29N3O5/c1-4-34-25(31)14-11-21-10-13-23(18-5-8-20(9-6-18)28-24(30)16-33-3)29(21)22-12-7-19(26(27)32)15-17(22)2/h5-10,12-13,15H,4,11,14,16H2,1-3H3,(H2,27,32)(H,28,30). The van der Waals surface area contributed by atoms with Crippen molar-refractivity contribution in [3.05, 3.63) is 71.4 Å².